The van der Waals surface area contributed by atoms with Gasteiger partial charge in [-0.15, -0.1) is 0 Å². The summed E-state index contributed by atoms with van der Waals surface area (Å²) in [5, 5.41) is 3.64. The van der Waals surface area contributed by atoms with Gasteiger partial charge < -0.3 is 0 Å². The molecule has 2 aromatic carbocycles. The fourth-order valence-corrected chi connectivity index (χ4v) is 4.65. The predicted octanol–water partition coefficient (Wildman–Crippen LogP) is 4.79. The average molecular weight is 538 g/mol. The first-order valence-corrected chi connectivity index (χ1v) is 12.2. The van der Waals surface area contributed by atoms with Gasteiger partial charge in [0.25, 0.3) is 17.2 Å². The molecule has 0 fully saturated rings. The molecule has 4 aromatic rings. The second-order valence-corrected chi connectivity index (χ2v) is 9.17. The third kappa shape index (κ3) is 4.18. The second kappa shape index (κ2) is 9.80. The summed E-state index contributed by atoms with van der Waals surface area (Å²) in [6, 6.07) is 15.3. The molecule has 186 valence electrons. The maximum atomic E-state index is 14.8. The first-order valence-electron chi connectivity index (χ1n) is 11.5. The lowest BCUT2D eigenvalue weighted by atomic mass is 10.0. The summed E-state index contributed by atoms with van der Waals surface area (Å²) in [7, 11) is 0. The number of aryl methyl sites for hydroxylation is 1. The zero-order chi connectivity index (χ0) is 26.3. The number of imide groups is 1. The number of anilines is 1. The number of rotatable bonds is 6. The minimum atomic E-state index is -0.795. The number of aromatic nitrogens is 3. The number of pyridine rings is 1. The maximum absolute atomic E-state index is 14.8. The molecule has 2 amide bonds. The van der Waals surface area contributed by atoms with E-state index >= 15 is 0 Å². The van der Waals surface area contributed by atoms with E-state index in [9.17, 15) is 18.8 Å². The Morgan fingerprint density at radius 1 is 0.919 bits per heavy atom. The molecule has 5 rings (SSSR count). The summed E-state index contributed by atoms with van der Waals surface area (Å²) in [4.78, 5) is 42.2. The molecule has 1 aliphatic heterocycles. The van der Waals surface area contributed by atoms with Crippen molar-refractivity contribution in [2.45, 2.75) is 19.8 Å². The Morgan fingerprint density at radius 3 is 2.32 bits per heavy atom. The van der Waals surface area contributed by atoms with Crippen molar-refractivity contribution in [1.82, 2.24) is 9.78 Å². The van der Waals surface area contributed by atoms with Gasteiger partial charge in [-0.2, -0.15) is 4.57 Å². The van der Waals surface area contributed by atoms with E-state index in [0.29, 0.717) is 29.2 Å². The first kappa shape index (κ1) is 24.7. The van der Waals surface area contributed by atoms with Gasteiger partial charge in [-0.1, -0.05) is 54.7 Å². The van der Waals surface area contributed by atoms with Gasteiger partial charge in [-0.25, -0.2) is 14.0 Å². The van der Waals surface area contributed by atoms with E-state index in [1.807, 2.05) is 6.92 Å². The molecule has 0 saturated heterocycles. The molecule has 3 heterocycles. The molecule has 2 aromatic heterocycles. The van der Waals surface area contributed by atoms with Crippen LogP contribution in [0.1, 0.15) is 24.6 Å². The van der Waals surface area contributed by atoms with Crippen LogP contribution in [0, 0.1) is 5.82 Å². The molecule has 0 spiro atoms. The minimum Gasteiger partial charge on any atom is -0.294 e. The van der Waals surface area contributed by atoms with E-state index in [1.165, 1.54) is 39.6 Å². The lowest BCUT2D eigenvalue weighted by molar-refractivity contribution is -0.576. The van der Waals surface area contributed by atoms with Crippen molar-refractivity contribution >= 4 is 52.0 Å². The van der Waals surface area contributed by atoms with Crippen LogP contribution in [0.2, 0.25) is 10.0 Å². The first-order chi connectivity index (χ1) is 17.8. The smallest absolute Gasteiger partial charge is 0.294 e. The maximum Gasteiger partial charge on any atom is 0.331 e. The third-order valence-corrected chi connectivity index (χ3v) is 6.74. The van der Waals surface area contributed by atoms with Gasteiger partial charge in [0.05, 0.1) is 27.0 Å². The monoisotopic (exact) mass is 537 g/mol. The summed E-state index contributed by atoms with van der Waals surface area (Å²) in [5.74, 6) is -2.28. The van der Waals surface area contributed by atoms with E-state index in [2.05, 4.69) is 5.10 Å². The van der Waals surface area contributed by atoms with E-state index in [-0.39, 0.29) is 27.5 Å². The summed E-state index contributed by atoms with van der Waals surface area (Å²) in [6.07, 6.45) is 4.24. The van der Waals surface area contributed by atoms with E-state index < -0.39 is 23.2 Å². The van der Waals surface area contributed by atoms with Crippen molar-refractivity contribution in [2.75, 3.05) is 4.90 Å². The van der Waals surface area contributed by atoms with Gasteiger partial charge >= 0.3 is 5.91 Å². The van der Waals surface area contributed by atoms with Crippen LogP contribution in [0.3, 0.4) is 0 Å². The second-order valence-electron chi connectivity index (χ2n) is 8.36. The number of halogens is 3. The summed E-state index contributed by atoms with van der Waals surface area (Å²) in [6.45, 7) is 1.92. The van der Waals surface area contributed by atoms with Crippen molar-refractivity contribution in [3.63, 3.8) is 0 Å². The molecule has 0 saturated carbocycles. The third-order valence-electron chi connectivity index (χ3n) is 6.00. The quantitative estimate of drug-likeness (QED) is 0.283. The summed E-state index contributed by atoms with van der Waals surface area (Å²) >= 11 is 12.2. The lowest BCUT2D eigenvalue weighted by Gasteiger charge is -2.14. The van der Waals surface area contributed by atoms with Crippen molar-refractivity contribution in [1.29, 1.82) is 0 Å². The van der Waals surface area contributed by atoms with Crippen LogP contribution >= 0.6 is 23.2 Å². The van der Waals surface area contributed by atoms with Crippen LogP contribution in [0.5, 0.6) is 0 Å². The Kier molecular flexibility index (Phi) is 6.54. The fraction of sp³-hybridized carbons (Fsp3) is 0.111. The number of hydrogen-bond acceptors (Lipinski definition) is 3. The Bertz CT molecular complexity index is 1640. The highest BCUT2D eigenvalue weighted by atomic mass is 35.5. The predicted molar refractivity (Wildman–Crippen MR) is 139 cm³/mol. The summed E-state index contributed by atoms with van der Waals surface area (Å²) < 4.78 is 17.5. The van der Waals surface area contributed by atoms with Crippen molar-refractivity contribution in [3.05, 3.63) is 111 Å². The Morgan fingerprint density at radius 2 is 1.65 bits per heavy atom. The molecule has 37 heavy (non-hydrogen) atoms. The molecule has 7 nitrogen and oxygen atoms in total. The average Bonchev–Trinajstić information content (AvgIpc) is 3.34. The topological polar surface area (TPSA) is 79.1 Å². The number of aromatic amines is 1. The van der Waals surface area contributed by atoms with Gasteiger partial charge in [0, 0.05) is 17.8 Å². The highest BCUT2D eigenvalue weighted by molar-refractivity contribution is 6.53. The van der Waals surface area contributed by atoms with Crippen LogP contribution < -0.4 is 15.0 Å². The van der Waals surface area contributed by atoms with Gasteiger partial charge in [-0.3, -0.25) is 19.5 Å². The number of nitrogens with one attached hydrogen (secondary N) is 1. The highest BCUT2D eigenvalue weighted by Gasteiger charge is 2.48. The largest absolute Gasteiger partial charge is 0.331 e. The number of para-hydroxylation sites is 1. The summed E-state index contributed by atoms with van der Waals surface area (Å²) in [5.41, 5.74) is -0.0197. The molecule has 1 aliphatic rings. The number of H-pyrrole nitrogens is 1. The molecule has 0 aliphatic carbocycles. The van der Waals surface area contributed by atoms with E-state index in [4.69, 9.17) is 23.2 Å². The standard InChI is InChI=1S/C27H19Cl2FN4O3/c1-2-8-20-22(26(36)34(31-20)16-11-12-17(28)18(29)15-16)23-24(32-13-6-3-7-14-32)27(37)33(25(23)35)21-10-5-4-9-19(21)30/h3-7,9-15H,2,8H2,1H3/p+1. The normalized spacial score (nSPS) is 13.7. The number of benzene rings is 2. The molecule has 0 radical (unpaired) electrons. The van der Waals surface area contributed by atoms with Gasteiger partial charge in [0.1, 0.15) is 11.4 Å². The van der Waals surface area contributed by atoms with E-state index in [1.54, 1.807) is 42.7 Å². The molecule has 10 heteroatoms. The number of carbonyl (C=O) groups is 2. The van der Waals surface area contributed by atoms with Crippen molar-refractivity contribution in [3.8, 4) is 5.69 Å². The van der Waals surface area contributed by atoms with Gasteiger partial charge in [-0.05, 0) is 36.8 Å². The number of carbonyl (C=O) groups excluding carboxylic acids is 2. The molecular weight excluding hydrogens is 518 g/mol. The van der Waals surface area contributed by atoms with Gasteiger partial charge in [0.2, 0.25) is 0 Å². The van der Waals surface area contributed by atoms with Crippen LogP contribution in [0.25, 0.3) is 17.0 Å². The van der Waals surface area contributed by atoms with Crippen LogP contribution in [0.15, 0.2) is 77.9 Å². The Balaban J connectivity index is 1.79. The Labute approximate surface area is 221 Å². The van der Waals surface area contributed by atoms with Crippen molar-refractivity contribution in [2.24, 2.45) is 0 Å². The number of nitrogens with zero attached hydrogens (tertiary/aromatic N) is 3. The van der Waals surface area contributed by atoms with Gasteiger partial charge in [0.15, 0.2) is 12.4 Å². The molecule has 0 unspecified atom stereocenters. The zero-order valence-corrected chi connectivity index (χ0v) is 21.1. The highest BCUT2D eigenvalue weighted by Crippen LogP contribution is 2.35. The fourth-order valence-electron chi connectivity index (χ4n) is 4.36. The van der Waals surface area contributed by atoms with E-state index in [0.717, 1.165) is 4.90 Å². The number of hydrogen-bond donors (Lipinski definition) is 1. The zero-order valence-electron chi connectivity index (χ0n) is 19.5. The molecule has 0 atom stereocenters. The molecular formula is C27H20Cl2FN4O3+. The lowest BCUT2D eigenvalue weighted by Crippen LogP contribution is -2.39. The SMILES string of the molecule is CCCc1[nH]n(-c2ccc(Cl)c(Cl)c2)c(=O)c1C1=C([n+]2ccccc2)C(=O)N(c2ccccc2F)C1=O. The van der Waals surface area contributed by atoms with Crippen molar-refractivity contribution < 1.29 is 18.5 Å². The number of amides is 2. The molecule has 0 bridgehead atoms. The minimum absolute atomic E-state index is 0.0384. The van der Waals surface area contributed by atoms with Crippen LogP contribution in [-0.4, -0.2) is 21.6 Å². The molecule has 1 N–H and O–H groups in total. The van der Waals surface area contributed by atoms with Crippen LogP contribution in [-0.2, 0) is 16.0 Å². The Hall–Kier alpha value is -4.01. The van der Waals surface area contributed by atoms with Crippen LogP contribution in [0.4, 0.5) is 10.1 Å².